The minimum absolute atomic E-state index is 0.128. The number of hydrogen-bond donors (Lipinski definition) is 0. The van der Waals surface area contributed by atoms with Crippen LogP contribution in [0.25, 0.3) is 11.0 Å². The highest BCUT2D eigenvalue weighted by molar-refractivity contribution is 6.00. The first-order valence-corrected chi connectivity index (χ1v) is 16.9. The average Bonchev–Trinajstić information content (AvgIpc) is 3.08. The van der Waals surface area contributed by atoms with Crippen LogP contribution in [0, 0.1) is 0 Å². The molecule has 3 rings (SSSR count). The van der Waals surface area contributed by atoms with Crippen molar-refractivity contribution in [2.45, 2.75) is 77.2 Å². The summed E-state index contributed by atoms with van der Waals surface area (Å²) in [6.07, 6.45) is 10.0. The highest BCUT2D eigenvalue weighted by Gasteiger charge is 2.19. The van der Waals surface area contributed by atoms with Crippen molar-refractivity contribution < 1.29 is 51.9 Å². The lowest BCUT2D eigenvalue weighted by molar-refractivity contribution is -0.142. The highest BCUT2D eigenvalue weighted by Crippen LogP contribution is 2.32. The van der Waals surface area contributed by atoms with Crippen molar-refractivity contribution in [2.24, 2.45) is 0 Å². The number of rotatable bonds is 17. The molecule has 0 bridgehead atoms. The Morgan fingerprint density at radius 3 is 2.04 bits per heavy atom. The molecular formula is C35H52O12. The van der Waals surface area contributed by atoms with Gasteiger partial charge >= 0.3 is 11.6 Å². The molecule has 1 aliphatic rings. The lowest BCUT2D eigenvalue weighted by Crippen LogP contribution is -2.29. The molecule has 1 aromatic carbocycles. The zero-order valence-corrected chi connectivity index (χ0v) is 28.1. The highest BCUT2D eigenvalue weighted by atomic mass is 16.6. The third-order valence-electron chi connectivity index (χ3n) is 7.59. The van der Waals surface area contributed by atoms with Crippen LogP contribution in [0.2, 0.25) is 0 Å². The molecule has 1 unspecified atom stereocenters. The summed E-state index contributed by atoms with van der Waals surface area (Å²) in [5, 5.41) is 0.441. The number of esters is 1. The van der Waals surface area contributed by atoms with E-state index in [0.29, 0.717) is 76.2 Å². The van der Waals surface area contributed by atoms with E-state index >= 15 is 0 Å². The second-order valence-corrected chi connectivity index (χ2v) is 11.4. The lowest BCUT2D eigenvalue weighted by Gasteiger charge is -2.20. The zero-order chi connectivity index (χ0) is 33.5. The SMILES string of the molecule is CCCCCCCCCCCC(=O)OCC(=O)c1cc2cc(OCC3COCCOCCOCCOCCO3)c(OC)cc2oc1=O. The normalized spacial score (nSPS) is 17.0. The topological polar surface area (TPSA) is 138 Å². The van der Waals surface area contributed by atoms with Gasteiger partial charge in [0.2, 0.25) is 5.78 Å². The molecule has 0 spiro atoms. The van der Waals surface area contributed by atoms with E-state index in [4.69, 9.17) is 42.3 Å². The van der Waals surface area contributed by atoms with Crippen LogP contribution < -0.4 is 15.1 Å². The predicted octanol–water partition coefficient (Wildman–Crippen LogP) is 5.29. The second kappa shape index (κ2) is 23.3. The summed E-state index contributed by atoms with van der Waals surface area (Å²) in [5.41, 5.74) is -0.824. The summed E-state index contributed by atoms with van der Waals surface area (Å²) < 4.78 is 50.2. The van der Waals surface area contributed by atoms with Gasteiger partial charge in [-0.05, 0) is 18.6 Å². The van der Waals surface area contributed by atoms with E-state index in [0.717, 1.165) is 19.3 Å². The number of ketones is 1. The summed E-state index contributed by atoms with van der Waals surface area (Å²) in [5.74, 6) is -0.409. The third-order valence-corrected chi connectivity index (χ3v) is 7.59. The Hall–Kier alpha value is -3.03. The van der Waals surface area contributed by atoms with Crippen LogP contribution in [0.1, 0.15) is 81.5 Å². The molecule has 0 aliphatic carbocycles. The monoisotopic (exact) mass is 664 g/mol. The van der Waals surface area contributed by atoms with Crippen LogP contribution >= 0.6 is 0 Å². The van der Waals surface area contributed by atoms with Gasteiger partial charge in [-0.1, -0.05) is 58.3 Å². The predicted molar refractivity (Wildman–Crippen MR) is 175 cm³/mol. The smallest absolute Gasteiger partial charge is 0.347 e. The lowest BCUT2D eigenvalue weighted by atomic mass is 10.1. The fraction of sp³-hybridized carbons (Fsp3) is 0.686. The van der Waals surface area contributed by atoms with Crippen molar-refractivity contribution in [2.75, 3.05) is 79.8 Å². The molecule has 12 heteroatoms. The number of ether oxygens (including phenoxy) is 8. The van der Waals surface area contributed by atoms with Gasteiger partial charge in [-0.2, -0.15) is 0 Å². The van der Waals surface area contributed by atoms with Crippen molar-refractivity contribution in [3.8, 4) is 11.5 Å². The molecule has 47 heavy (non-hydrogen) atoms. The number of unbranched alkanes of at least 4 members (excludes halogenated alkanes) is 8. The van der Waals surface area contributed by atoms with E-state index in [1.54, 1.807) is 6.07 Å². The molecule has 1 aliphatic heterocycles. The van der Waals surface area contributed by atoms with Crippen LogP contribution in [0.3, 0.4) is 0 Å². The maximum atomic E-state index is 12.8. The Morgan fingerprint density at radius 1 is 0.766 bits per heavy atom. The summed E-state index contributed by atoms with van der Waals surface area (Å²) >= 11 is 0. The van der Waals surface area contributed by atoms with E-state index in [1.165, 1.54) is 51.3 Å². The maximum Gasteiger partial charge on any atom is 0.347 e. The van der Waals surface area contributed by atoms with Crippen molar-refractivity contribution in [1.82, 2.24) is 0 Å². The minimum Gasteiger partial charge on any atom is -0.493 e. The van der Waals surface area contributed by atoms with Gasteiger partial charge in [-0.15, -0.1) is 0 Å². The molecule has 264 valence electrons. The average molecular weight is 665 g/mol. The third kappa shape index (κ3) is 15.2. The van der Waals surface area contributed by atoms with Gasteiger partial charge in [-0.25, -0.2) is 4.79 Å². The molecule has 0 radical (unpaired) electrons. The molecule has 1 aromatic heterocycles. The maximum absolute atomic E-state index is 12.8. The van der Waals surface area contributed by atoms with Gasteiger partial charge in [0, 0.05) is 17.9 Å². The van der Waals surface area contributed by atoms with Gasteiger partial charge in [0.25, 0.3) is 0 Å². The van der Waals surface area contributed by atoms with Gasteiger partial charge in [0.05, 0.1) is 66.6 Å². The molecule has 0 N–H and O–H groups in total. The molecule has 1 fully saturated rings. The quantitative estimate of drug-likeness (QED) is 0.0940. The van der Waals surface area contributed by atoms with E-state index in [9.17, 15) is 14.4 Å². The Balaban J connectivity index is 1.53. The number of benzene rings is 1. The molecule has 0 amide bonds. The first kappa shape index (κ1) is 38.4. The van der Waals surface area contributed by atoms with E-state index in [1.807, 2.05) is 0 Å². The summed E-state index contributed by atoms with van der Waals surface area (Å²) in [7, 11) is 1.47. The van der Waals surface area contributed by atoms with Crippen LogP contribution in [-0.4, -0.2) is 97.6 Å². The Labute approximate surface area is 277 Å². The fourth-order valence-corrected chi connectivity index (χ4v) is 4.95. The standard InChI is InChI=1S/C35H52O12/c1-3-4-5-6-7-8-9-10-11-12-34(37)46-26-30(36)29-21-27-22-33(32(39-2)23-31(27)47-35(29)38)45-25-28-24-43-18-17-41-14-13-40-15-16-42-19-20-44-28/h21-23,28H,3-20,24-26H2,1-2H3. The van der Waals surface area contributed by atoms with Crippen molar-refractivity contribution in [1.29, 1.82) is 0 Å². The minimum atomic E-state index is -0.827. The van der Waals surface area contributed by atoms with Gasteiger partial charge in [0.15, 0.2) is 18.1 Å². The first-order chi connectivity index (χ1) is 23.0. The molecule has 0 saturated carbocycles. The van der Waals surface area contributed by atoms with Gasteiger partial charge in [0.1, 0.15) is 23.9 Å². The zero-order valence-electron chi connectivity index (χ0n) is 28.1. The van der Waals surface area contributed by atoms with Crippen LogP contribution in [0.15, 0.2) is 27.4 Å². The second-order valence-electron chi connectivity index (χ2n) is 11.4. The number of Topliss-reactive ketones (excluding diaryl/α,β-unsaturated/α-hetero) is 1. The van der Waals surface area contributed by atoms with Crippen LogP contribution in [-0.2, 0) is 33.2 Å². The van der Waals surface area contributed by atoms with Crippen molar-refractivity contribution in [3.63, 3.8) is 0 Å². The number of carbonyl (C=O) groups excluding carboxylic acids is 2. The number of fused-ring (bicyclic) bond motifs is 1. The van der Waals surface area contributed by atoms with Crippen molar-refractivity contribution >= 4 is 22.7 Å². The first-order valence-electron chi connectivity index (χ1n) is 16.9. The Kier molecular flexibility index (Phi) is 19.1. The molecule has 12 nitrogen and oxygen atoms in total. The number of hydrogen-bond acceptors (Lipinski definition) is 12. The summed E-state index contributed by atoms with van der Waals surface area (Å²) in [6, 6.07) is 4.55. The number of carbonyl (C=O) groups is 2. The van der Waals surface area contributed by atoms with Gasteiger partial charge in [-0.3, -0.25) is 9.59 Å². The van der Waals surface area contributed by atoms with Crippen LogP contribution in [0.5, 0.6) is 11.5 Å². The van der Waals surface area contributed by atoms with E-state index in [2.05, 4.69) is 6.92 Å². The Bertz CT molecular complexity index is 1230. The van der Waals surface area contributed by atoms with Gasteiger partial charge < -0.3 is 42.3 Å². The van der Waals surface area contributed by atoms with E-state index in [-0.39, 0.29) is 30.8 Å². The molecule has 1 saturated heterocycles. The fourth-order valence-electron chi connectivity index (χ4n) is 4.95. The summed E-state index contributed by atoms with van der Waals surface area (Å²) in [4.78, 5) is 37.7. The molecule has 2 aromatic rings. The Morgan fingerprint density at radius 2 is 1.38 bits per heavy atom. The molecular weight excluding hydrogens is 612 g/mol. The van der Waals surface area contributed by atoms with Crippen LogP contribution in [0.4, 0.5) is 0 Å². The van der Waals surface area contributed by atoms with E-state index < -0.39 is 30.1 Å². The number of methoxy groups -OCH3 is 1. The molecule has 1 atom stereocenters. The largest absolute Gasteiger partial charge is 0.493 e. The molecule has 2 heterocycles. The summed E-state index contributed by atoms with van der Waals surface area (Å²) in [6.45, 7) is 5.51. The van der Waals surface area contributed by atoms with Crippen molar-refractivity contribution in [3.05, 3.63) is 34.2 Å².